The SMILES string of the molecule is COCCOCCCCNCCCOCC(F)(F)F. The molecule has 0 radical (unpaired) electrons. The van der Waals surface area contributed by atoms with Crippen molar-refractivity contribution in [1.82, 2.24) is 5.32 Å². The number of halogens is 3. The number of rotatable bonds is 13. The molecule has 0 atom stereocenters. The lowest BCUT2D eigenvalue weighted by molar-refractivity contribution is -0.173. The maximum Gasteiger partial charge on any atom is 0.411 e. The fourth-order valence-electron chi connectivity index (χ4n) is 1.31. The summed E-state index contributed by atoms with van der Waals surface area (Å²) in [5, 5.41) is 3.14. The number of nitrogens with one attached hydrogen (secondary N) is 1. The van der Waals surface area contributed by atoms with E-state index in [2.05, 4.69) is 10.1 Å². The van der Waals surface area contributed by atoms with Gasteiger partial charge in [-0.3, -0.25) is 0 Å². The minimum absolute atomic E-state index is 0.132. The molecule has 7 heteroatoms. The van der Waals surface area contributed by atoms with Gasteiger partial charge >= 0.3 is 6.18 Å². The largest absolute Gasteiger partial charge is 0.411 e. The molecule has 116 valence electrons. The Balaban J connectivity index is 2.99. The molecule has 0 spiro atoms. The second kappa shape index (κ2) is 12.7. The Morgan fingerprint density at radius 1 is 0.842 bits per heavy atom. The Hall–Kier alpha value is -0.370. The quantitative estimate of drug-likeness (QED) is 0.526. The van der Waals surface area contributed by atoms with Gasteiger partial charge in [-0.2, -0.15) is 13.2 Å². The van der Waals surface area contributed by atoms with E-state index in [-0.39, 0.29) is 6.61 Å². The molecule has 19 heavy (non-hydrogen) atoms. The van der Waals surface area contributed by atoms with Crippen molar-refractivity contribution in [3.8, 4) is 0 Å². The Kier molecular flexibility index (Phi) is 12.4. The predicted molar refractivity (Wildman–Crippen MR) is 66.3 cm³/mol. The molecule has 0 aliphatic rings. The van der Waals surface area contributed by atoms with E-state index in [1.807, 2.05) is 0 Å². The molecule has 0 saturated carbocycles. The van der Waals surface area contributed by atoms with Crippen LogP contribution in [-0.4, -0.2) is 59.4 Å². The van der Waals surface area contributed by atoms with E-state index in [0.717, 1.165) is 19.4 Å². The third kappa shape index (κ3) is 17.6. The summed E-state index contributed by atoms with van der Waals surface area (Å²) in [6.07, 6.45) is -1.70. The molecule has 0 unspecified atom stereocenters. The number of hydrogen-bond donors (Lipinski definition) is 1. The van der Waals surface area contributed by atoms with E-state index >= 15 is 0 Å². The molecule has 0 saturated heterocycles. The number of ether oxygens (including phenoxy) is 3. The van der Waals surface area contributed by atoms with E-state index in [1.165, 1.54) is 0 Å². The molecular formula is C12H24F3NO3. The van der Waals surface area contributed by atoms with Crippen LogP contribution in [-0.2, 0) is 14.2 Å². The summed E-state index contributed by atoms with van der Waals surface area (Å²) in [6.45, 7) is 2.41. The molecule has 0 aromatic rings. The Bertz CT molecular complexity index is 192. The van der Waals surface area contributed by atoms with Crippen LogP contribution in [0.25, 0.3) is 0 Å². The van der Waals surface area contributed by atoms with Gasteiger partial charge in [-0.05, 0) is 32.4 Å². The van der Waals surface area contributed by atoms with Crippen LogP contribution >= 0.6 is 0 Å². The van der Waals surface area contributed by atoms with Crippen LogP contribution in [0, 0.1) is 0 Å². The van der Waals surface area contributed by atoms with E-state index in [9.17, 15) is 13.2 Å². The fraction of sp³-hybridized carbons (Fsp3) is 1.00. The van der Waals surface area contributed by atoms with Crippen LogP contribution in [0.3, 0.4) is 0 Å². The van der Waals surface area contributed by atoms with Crippen LogP contribution in [0.1, 0.15) is 19.3 Å². The fourth-order valence-corrected chi connectivity index (χ4v) is 1.31. The predicted octanol–water partition coefficient (Wildman–Crippen LogP) is 1.99. The third-order valence-corrected chi connectivity index (χ3v) is 2.23. The smallest absolute Gasteiger partial charge is 0.382 e. The first-order valence-corrected chi connectivity index (χ1v) is 6.48. The van der Waals surface area contributed by atoms with Crippen molar-refractivity contribution in [1.29, 1.82) is 0 Å². The second-order valence-electron chi connectivity index (χ2n) is 4.08. The maximum absolute atomic E-state index is 11.7. The van der Waals surface area contributed by atoms with Crippen molar-refractivity contribution in [2.24, 2.45) is 0 Å². The zero-order valence-electron chi connectivity index (χ0n) is 11.4. The summed E-state index contributed by atoms with van der Waals surface area (Å²) in [5.41, 5.74) is 0. The zero-order chi connectivity index (χ0) is 14.4. The molecule has 0 aliphatic heterocycles. The monoisotopic (exact) mass is 287 g/mol. The number of methoxy groups -OCH3 is 1. The molecule has 0 fully saturated rings. The maximum atomic E-state index is 11.7. The Morgan fingerprint density at radius 3 is 2.21 bits per heavy atom. The van der Waals surface area contributed by atoms with Gasteiger partial charge < -0.3 is 19.5 Å². The summed E-state index contributed by atoms with van der Waals surface area (Å²) in [6, 6.07) is 0. The Labute approximate surface area is 112 Å². The standard InChI is InChI=1S/C12H24F3NO3/c1-17-9-10-18-7-3-2-5-16-6-4-8-19-11-12(13,14)15/h16H,2-11H2,1H3. The lowest BCUT2D eigenvalue weighted by atomic mass is 10.3. The Morgan fingerprint density at radius 2 is 1.53 bits per heavy atom. The van der Waals surface area contributed by atoms with E-state index < -0.39 is 12.8 Å². The lowest BCUT2D eigenvalue weighted by Gasteiger charge is -2.08. The molecule has 0 aromatic carbocycles. The highest BCUT2D eigenvalue weighted by Gasteiger charge is 2.27. The molecule has 4 nitrogen and oxygen atoms in total. The summed E-state index contributed by atoms with van der Waals surface area (Å²) in [7, 11) is 1.63. The minimum atomic E-state index is -4.23. The van der Waals surface area contributed by atoms with Crippen LogP contribution in [0.5, 0.6) is 0 Å². The molecular weight excluding hydrogens is 263 g/mol. The van der Waals surface area contributed by atoms with Gasteiger partial charge in [0.05, 0.1) is 13.2 Å². The topological polar surface area (TPSA) is 39.7 Å². The molecule has 1 N–H and O–H groups in total. The van der Waals surface area contributed by atoms with Gasteiger partial charge in [0.15, 0.2) is 0 Å². The summed E-state index contributed by atoms with van der Waals surface area (Å²) in [4.78, 5) is 0. The molecule has 0 amide bonds. The van der Waals surface area contributed by atoms with Crippen molar-refractivity contribution in [2.45, 2.75) is 25.4 Å². The van der Waals surface area contributed by atoms with Gasteiger partial charge in [-0.1, -0.05) is 0 Å². The average Bonchev–Trinajstić information content (AvgIpc) is 2.34. The number of unbranched alkanes of at least 4 members (excludes halogenated alkanes) is 1. The van der Waals surface area contributed by atoms with Gasteiger partial charge in [-0.15, -0.1) is 0 Å². The lowest BCUT2D eigenvalue weighted by Crippen LogP contribution is -2.21. The van der Waals surface area contributed by atoms with E-state index in [4.69, 9.17) is 9.47 Å². The van der Waals surface area contributed by atoms with Gasteiger partial charge in [0.25, 0.3) is 0 Å². The molecule has 0 heterocycles. The van der Waals surface area contributed by atoms with Crippen LogP contribution in [0.15, 0.2) is 0 Å². The van der Waals surface area contributed by atoms with E-state index in [1.54, 1.807) is 7.11 Å². The van der Waals surface area contributed by atoms with Gasteiger partial charge in [-0.25, -0.2) is 0 Å². The highest BCUT2D eigenvalue weighted by atomic mass is 19.4. The van der Waals surface area contributed by atoms with Crippen molar-refractivity contribution >= 4 is 0 Å². The normalized spacial score (nSPS) is 12.0. The number of alkyl halides is 3. The van der Waals surface area contributed by atoms with Crippen LogP contribution < -0.4 is 5.32 Å². The first-order chi connectivity index (χ1) is 9.06. The van der Waals surface area contributed by atoms with Gasteiger partial charge in [0.1, 0.15) is 6.61 Å². The molecule has 0 rings (SSSR count). The summed E-state index contributed by atoms with van der Waals surface area (Å²) >= 11 is 0. The van der Waals surface area contributed by atoms with Crippen LogP contribution in [0.2, 0.25) is 0 Å². The van der Waals surface area contributed by atoms with Crippen molar-refractivity contribution < 1.29 is 27.4 Å². The first-order valence-electron chi connectivity index (χ1n) is 6.48. The van der Waals surface area contributed by atoms with Crippen molar-refractivity contribution in [3.05, 3.63) is 0 Å². The molecule has 0 aliphatic carbocycles. The zero-order valence-corrected chi connectivity index (χ0v) is 11.4. The molecule has 0 aromatic heterocycles. The van der Waals surface area contributed by atoms with Crippen molar-refractivity contribution in [3.63, 3.8) is 0 Å². The molecule has 0 bridgehead atoms. The summed E-state index contributed by atoms with van der Waals surface area (Å²) in [5.74, 6) is 0. The minimum Gasteiger partial charge on any atom is -0.382 e. The van der Waals surface area contributed by atoms with E-state index in [0.29, 0.717) is 32.8 Å². The van der Waals surface area contributed by atoms with Gasteiger partial charge in [0, 0.05) is 20.3 Å². The first kappa shape index (κ1) is 18.6. The van der Waals surface area contributed by atoms with Crippen molar-refractivity contribution in [2.75, 3.05) is 53.2 Å². The van der Waals surface area contributed by atoms with Crippen LogP contribution in [0.4, 0.5) is 13.2 Å². The third-order valence-electron chi connectivity index (χ3n) is 2.23. The average molecular weight is 287 g/mol. The number of hydrogen-bond acceptors (Lipinski definition) is 4. The highest BCUT2D eigenvalue weighted by molar-refractivity contribution is 4.50. The summed E-state index contributed by atoms with van der Waals surface area (Å²) < 4.78 is 49.8. The van der Waals surface area contributed by atoms with Gasteiger partial charge in [0.2, 0.25) is 0 Å². The second-order valence-corrected chi connectivity index (χ2v) is 4.08. The highest BCUT2D eigenvalue weighted by Crippen LogP contribution is 2.14.